The fourth-order valence-corrected chi connectivity index (χ4v) is 2.21. The third kappa shape index (κ3) is 3.43. The van der Waals surface area contributed by atoms with Crippen molar-refractivity contribution in [2.75, 3.05) is 5.32 Å². The van der Waals surface area contributed by atoms with Crippen LogP contribution >= 0.6 is 39.7 Å². The van der Waals surface area contributed by atoms with Crippen LogP contribution < -0.4 is 11.1 Å². The summed E-state index contributed by atoms with van der Waals surface area (Å²) in [5, 5.41) is 3.14. The van der Waals surface area contributed by atoms with Gasteiger partial charge in [0.05, 0.1) is 5.02 Å². The van der Waals surface area contributed by atoms with Gasteiger partial charge in [-0.05, 0) is 36.4 Å². The zero-order valence-corrected chi connectivity index (χ0v) is 12.7. The number of rotatable bonds is 3. The van der Waals surface area contributed by atoms with Gasteiger partial charge in [-0.3, -0.25) is 0 Å². The summed E-state index contributed by atoms with van der Waals surface area (Å²) < 4.78 is 14.2. The Morgan fingerprint density at radius 3 is 2.63 bits per heavy atom. The topological polar surface area (TPSA) is 38.0 Å². The van der Waals surface area contributed by atoms with E-state index in [1.165, 1.54) is 12.1 Å². The van der Waals surface area contributed by atoms with Crippen molar-refractivity contribution >= 4 is 56.1 Å². The van der Waals surface area contributed by atoms with E-state index in [0.717, 1.165) is 4.47 Å². The van der Waals surface area contributed by atoms with Gasteiger partial charge in [-0.25, -0.2) is 4.39 Å². The molecule has 0 aliphatic rings. The number of hydrogen-bond donors (Lipinski definition) is 2. The highest BCUT2D eigenvalue weighted by Crippen LogP contribution is 2.26. The molecule has 0 heterocycles. The van der Waals surface area contributed by atoms with Gasteiger partial charge in [0.15, 0.2) is 0 Å². The highest BCUT2D eigenvalue weighted by Gasteiger charge is 2.07. The van der Waals surface area contributed by atoms with Crippen LogP contribution in [-0.2, 0) is 0 Å². The predicted molar refractivity (Wildman–Crippen MR) is 84.7 cm³/mol. The Hall–Kier alpha value is -1.17. The number of anilines is 2. The summed E-state index contributed by atoms with van der Waals surface area (Å²) >= 11 is 14.0. The maximum Gasteiger partial charge on any atom is 0.143 e. The maximum absolute atomic E-state index is 13.4. The van der Waals surface area contributed by atoms with Crippen LogP contribution in [0.4, 0.5) is 15.8 Å². The normalized spacial score (nSPS) is 10.3. The van der Waals surface area contributed by atoms with E-state index in [1.54, 1.807) is 12.1 Å². The minimum atomic E-state index is -0.486. The average molecular weight is 360 g/mol. The Balaban J connectivity index is 2.37. The molecular formula is C13H9BrClFN2S. The third-order valence-electron chi connectivity index (χ3n) is 2.45. The molecule has 0 spiro atoms. The first kappa shape index (κ1) is 14.2. The molecule has 0 unspecified atom stereocenters. The second kappa shape index (κ2) is 5.86. The Kier molecular flexibility index (Phi) is 4.39. The summed E-state index contributed by atoms with van der Waals surface area (Å²) in [4.78, 5) is 0.262. The smallest absolute Gasteiger partial charge is 0.143 e. The monoisotopic (exact) mass is 358 g/mol. The Labute approximate surface area is 128 Å². The molecule has 2 aromatic carbocycles. The number of hydrogen-bond acceptors (Lipinski definition) is 2. The van der Waals surface area contributed by atoms with Crippen LogP contribution in [0, 0.1) is 5.82 Å². The Bertz CT molecular complexity index is 649. The molecule has 0 atom stereocenters. The second-order valence-electron chi connectivity index (χ2n) is 3.81. The first-order valence-corrected chi connectivity index (χ1v) is 6.87. The molecule has 2 aromatic rings. The van der Waals surface area contributed by atoms with Crippen LogP contribution in [0.5, 0.6) is 0 Å². The molecule has 2 nitrogen and oxygen atoms in total. The summed E-state index contributed by atoms with van der Waals surface area (Å²) in [5.41, 5.74) is 7.62. The molecule has 0 fully saturated rings. The fraction of sp³-hybridized carbons (Fsp3) is 0. The van der Waals surface area contributed by atoms with E-state index in [9.17, 15) is 4.39 Å². The molecule has 0 bridgehead atoms. The van der Waals surface area contributed by atoms with Gasteiger partial charge in [-0.2, -0.15) is 0 Å². The van der Waals surface area contributed by atoms with Crippen LogP contribution in [0.25, 0.3) is 0 Å². The number of thiocarbonyl (C=S) groups is 1. The average Bonchev–Trinajstić information content (AvgIpc) is 2.36. The standard InChI is InChI=1S/C13H9BrClFN2S/c14-7-1-4-12(9(5-7)13(17)19)18-8-2-3-10(15)11(16)6-8/h1-6,18H,(H2,17,19). The molecule has 0 saturated heterocycles. The lowest BCUT2D eigenvalue weighted by atomic mass is 10.1. The first-order valence-electron chi connectivity index (χ1n) is 5.29. The quantitative estimate of drug-likeness (QED) is 0.785. The second-order valence-corrected chi connectivity index (χ2v) is 5.57. The summed E-state index contributed by atoms with van der Waals surface area (Å²) in [5.74, 6) is -0.486. The lowest BCUT2D eigenvalue weighted by Gasteiger charge is -2.12. The van der Waals surface area contributed by atoms with Crippen molar-refractivity contribution in [2.45, 2.75) is 0 Å². The number of nitrogens with one attached hydrogen (secondary N) is 1. The van der Waals surface area contributed by atoms with Crippen LogP contribution in [0.3, 0.4) is 0 Å². The third-order valence-corrected chi connectivity index (χ3v) is 3.47. The van der Waals surface area contributed by atoms with Gasteiger partial charge in [0.1, 0.15) is 10.8 Å². The SMILES string of the molecule is NC(=S)c1cc(Br)ccc1Nc1ccc(Cl)c(F)c1. The molecule has 0 amide bonds. The molecular weight excluding hydrogens is 351 g/mol. The zero-order chi connectivity index (χ0) is 14.0. The molecule has 2 rings (SSSR count). The Morgan fingerprint density at radius 2 is 2.00 bits per heavy atom. The molecule has 98 valence electrons. The number of nitrogens with two attached hydrogens (primary N) is 1. The van der Waals surface area contributed by atoms with Crippen LogP contribution in [0.2, 0.25) is 5.02 Å². The molecule has 0 aromatic heterocycles. The minimum Gasteiger partial charge on any atom is -0.389 e. The Morgan fingerprint density at radius 1 is 1.26 bits per heavy atom. The van der Waals surface area contributed by atoms with Crippen molar-refractivity contribution in [3.05, 3.63) is 57.3 Å². The van der Waals surface area contributed by atoms with Gasteiger partial charge in [0.2, 0.25) is 0 Å². The van der Waals surface area contributed by atoms with Crippen molar-refractivity contribution < 1.29 is 4.39 Å². The van der Waals surface area contributed by atoms with Gasteiger partial charge in [0, 0.05) is 21.4 Å². The fourth-order valence-electron chi connectivity index (χ4n) is 1.56. The highest BCUT2D eigenvalue weighted by molar-refractivity contribution is 9.10. The first-order chi connectivity index (χ1) is 8.97. The molecule has 6 heteroatoms. The van der Waals surface area contributed by atoms with E-state index in [1.807, 2.05) is 12.1 Å². The van der Waals surface area contributed by atoms with Gasteiger partial charge in [-0.15, -0.1) is 0 Å². The largest absolute Gasteiger partial charge is 0.389 e. The number of benzene rings is 2. The van der Waals surface area contributed by atoms with Crippen LogP contribution in [0.15, 0.2) is 40.9 Å². The van der Waals surface area contributed by atoms with E-state index < -0.39 is 5.82 Å². The molecule has 3 N–H and O–H groups in total. The van der Waals surface area contributed by atoms with Crippen molar-refractivity contribution in [3.8, 4) is 0 Å². The summed E-state index contributed by atoms with van der Waals surface area (Å²) in [6.45, 7) is 0. The van der Waals surface area contributed by atoms with Crippen molar-refractivity contribution in [1.82, 2.24) is 0 Å². The van der Waals surface area contributed by atoms with E-state index in [4.69, 9.17) is 29.6 Å². The van der Waals surface area contributed by atoms with E-state index in [-0.39, 0.29) is 10.0 Å². The van der Waals surface area contributed by atoms with E-state index >= 15 is 0 Å². The lowest BCUT2D eigenvalue weighted by molar-refractivity contribution is 0.629. The van der Waals surface area contributed by atoms with Crippen LogP contribution in [0.1, 0.15) is 5.56 Å². The van der Waals surface area contributed by atoms with Crippen LogP contribution in [-0.4, -0.2) is 4.99 Å². The van der Waals surface area contributed by atoms with Crippen molar-refractivity contribution in [1.29, 1.82) is 0 Å². The molecule has 0 radical (unpaired) electrons. The molecule has 19 heavy (non-hydrogen) atoms. The summed E-state index contributed by atoms with van der Waals surface area (Å²) in [6, 6.07) is 9.93. The summed E-state index contributed by atoms with van der Waals surface area (Å²) in [6.07, 6.45) is 0. The van der Waals surface area contributed by atoms with Gasteiger partial charge in [0.25, 0.3) is 0 Å². The highest BCUT2D eigenvalue weighted by atomic mass is 79.9. The van der Waals surface area contributed by atoms with E-state index in [2.05, 4.69) is 21.2 Å². The molecule has 0 saturated carbocycles. The van der Waals surface area contributed by atoms with Gasteiger partial charge >= 0.3 is 0 Å². The van der Waals surface area contributed by atoms with Gasteiger partial charge in [-0.1, -0.05) is 39.7 Å². The summed E-state index contributed by atoms with van der Waals surface area (Å²) in [7, 11) is 0. The minimum absolute atomic E-state index is 0.0796. The van der Waals surface area contributed by atoms with Crippen molar-refractivity contribution in [3.63, 3.8) is 0 Å². The van der Waals surface area contributed by atoms with Crippen molar-refractivity contribution in [2.24, 2.45) is 5.73 Å². The number of halogens is 3. The maximum atomic E-state index is 13.4. The predicted octanol–water partition coefficient (Wildman–Crippen LogP) is 4.62. The van der Waals surface area contributed by atoms with E-state index in [0.29, 0.717) is 16.9 Å². The molecule has 0 aliphatic heterocycles. The lowest BCUT2D eigenvalue weighted by Crippen LogP contribution is -2.12. The van der Waals surface area contributed by atoms with Gasteiger partial charge < -0.3 is 11.1 Å². The molecule has 0 aliphatic carbocycles. The zero-order valence-electron chi connectivity index (χ0n) is 9.58.